The average molecular weight is 467 g/mol. The number of hydrogen-bond acceptors (Lipinski definition) is 4. The van der Waals surface area contributed by atoms with Crippen LogP contribution in [-0.4, -0.2) is 18.4 Å². The van der Waals surface area contributed by atoms with Gasteiger partial charge in [-0.25, -0.2) is 0 Å². The lowest BCUT2D eigenvalue weighted by Gasteiger charge is -2.30. The average Bonchev–Trinajstić information content (AvgIpc) is 3.13. The van der Waals surface area contributed by atoms with Crippen molar-refractivity contribution >= 4 is 29.2 Å². The van der Waals surface area contributed by atoms with Crippen molar-refractivity contribution < 1.29 is 14.3 Å². The van der Waals surface area contributed by atoms with Crippen molar-refractivity contribution in [1.29, 1.82) is 0 Å². The van der Waals surface area contributed by atoms with E-state index in [4.69, 9.17) is 4.74 Å². The van der Waals surface area contributed by atoms with Crippen LogP contribution in [0.1, 0.15) is 95.4 Å². The third-order valence-corrected chi connectivity index (χ3v) is 8.17. The second-order valence-electron chi connectivity index (χ2n) is 9.84. The molecule has 0 unspecified atom stereocenters. The van der Waals surface area contributed by atoms with Gasteiger partial charge in [-0.1, -0.05) is 45.9 Å². The quantitative estimate of drug-likeness (QED) is 0.225. The van der Waals surface area contributed by atoms with E-state index in [9.17, 15) is 9.59 Å². The Morgan fingerprint density at radius 1 is 1.12 bits per heavy atom. The van der Waals surface area contributed by atoms with Crippen LogP contribution in [0.25, 0.3) is 6.08 Å². The molecule has 2 aromatic rings. The summed E-state index contributed by atoms with van der Waals surface area (Å²) in [5.41, 5.74) is 7.70. The third kappa shape index (κ3) is 6.03. The minimum Gasteiger partial charge on any atom is -0.466 e. The van der Waals surface area contributed by atoms with Crippen LogP contribution in [0.15, 0.2) is 18.2 Å². The number of benzene rings is 1. The molecule has 0 N–H and O–H groups in total. The molecule has 0 atom stereocenters. The van der Waals surface area contributed by atoms with Gasteiger partial charge in [0.2, 0.25) is 0 Å². The fourth-order valence-electron chi connectivity index (χ4n) is 4.93. The lowest BCUT2D eigenvalue weighted by molar-refractivity contribution is -0.143. The van der Waals surface area contributed by atoms with Gasteiger partial charge in [-0.05, 0) is 97.2 Å². The Kier molecular flexibility index (Phi) is 8.33. The number of allylic oxidation sites excluding steroid dienone is 1. The molecule has 0 saturated carbocycles. The second-order valence-corrected chi connectivity index (χ2v) is 10.9. The zero-order chi connectivity index (χ0) is 24.2. The van der Waals surface area contributed by atoms with E-state index in [1.807, 2.05) is 13.0 Å². The van der Waals surface area contributed by atoms with Crippen molar-refractivity contribution in [3.63, 3.8) is 0 Å². The normalized spacial score (nSPS) is 15.0. The first-order valence-electron chi connectivity index (χ1n) is 12.3. The topological polar surface area (TPSA) is 43.4 Å². The number of carbonyl (C=O) groups excluding carboxylic acids is 2. The van der Waals surface area contributed by atoms with E-state index in [0.717, 1.165) is 48.1 Å². The highest BCUT2D eigenvalue weighted by Gasteiger charge is 2.31. The van der Waals surface area contributed by atoms with Gasteiger partial charge in [-0.3, -0.25) is 9.59 Å². The van der Waals surface area contributed by atoms with Gasteiger partial charge in [-0.15, -0.1) is 11.3 Å². The summed E-state index contributed by atoms with van der Waals surface area (Å²) in [5.74, 6) is -0.0274. The number of esters is 1. The Balaban J connectivity index is 1.81. The molecule has 0 saturated heterocycles. The maximum Gasteiger partial charge on any atom is 0.306 e. The van der Waals surface area contributed by atoms with Gasteiger partial charge in [0, 0.05) is 11.3 Å². The molecule has 0 spiro atoms. The van der Waals surface area contributed by atoms with Crippen molar-refractivity contribution in [2.24, 2.45) is 5.41 Å². The molecular weight excluding hydrogens is 428 g/mol. The van der Waals surface area contributed by atoms with Crippen LogP contribution < -0.4 is 0 Å². The first-order valence-corrected chi connectivity index (χ1v) is 13.1. The van der Waals surface area contributed by atoms with Gasteiger partial charge in [0.15, 0.2) is 5.78 Å². The number of aryl methyl sites for hydroxylation is 3. The highest BCUT2D eigenvalue weighted by atomic mass is 32.1. The van der Waals surface area contributed by atoms with E-state index < -0.39 is 0 Å². The molecule has 1 heterocycles. The fraction of sp³-hybridized carbons (Fsp3) is 0.517. The Morgan fingerprint density at radius 2 is 1.88 bits per heavy atom. The van der Waals surface area contributed by atoms with E-state index in [1.54, 1.807) is 17.4 Å². The van der Waals surface area contributed by atoms with E-state index >= 15 is 0 Å². The molecule has 1 aromatic heterocycles. The molecule has 0 amide bonds. The highest BCUT2D eigenvalue weighted by Crippen LogP contribution is 2.42. The summed E-state index contributed by atoms with van der Waals surface area (Å²) in [5, 5.41) is 0. The molecule has 0 bridgehead atoms. The largest absolute Gasteiger partial charge is 0.466 e. The number of fused-ring (bicyclic) bond motifs is 1. The molecule has 0 fully saturated rings. The predicted octanol–water partition coefficient (Wildman–Crippen LogP) is 7.09. The number of ether oxygens (including phenoxy) is 1. The van der Waals surface area contributed by atoms with E-state index in [0.29, 0.717) is 24.9 Å². The summed E-state index contributed by atoms with van der Waals surface area (Å²) in [6.07, 6.45) is 9.88. The molecule has 1 aromatic carbocycles. The van der Waals surface area contributed by atoms with Crippen LogP contribution in [-0.2, 0) is 41.6 Å². The molecule has 4 heteroatoms. The number of carbonyl (C=O) groups is 2. The van der Waals surface area contributed by atoms with E-state index in [1.165, 1.54) is 27.1 Å². The molecule has 0 radical (unpaired) electrons. The van der Waals surface area contributed by atoms with Gasteiger partial charge in [0.05, 0.1) is 11.5 Å². The van der Waals surface area contributed by atoms with Crippen molar-refractivity contribution in [1.82, 2.24) is 0 Å². The van der Waals surface area contributed by atoms with Crippen molar-refractivity contribution in [2.45, 2.75) is 86.5 Å². The lowest BCUT2D eigenvalue weighted by atomic mass is 9.74. The molecule has 3 rings (SSSR count). The molecule has 178 valence electrons. The zero-order valence-corrected chi connectivity index (χ0v) is 21.9. The van der Waals surface area contributed by atoms with Crippen molar-refractivity contribution in [2.75, 3.05) is 6.61 Å². The third-order valence-electron chi connectivity index (χ3n) is 6.73. The summed E-state index contributed by atoms with van der Waals surface area (Å²) >= 11 is 1.70. The summed E-state index contributed by atoms with van der Waals surface area (Å²) < 4.78 is 5.08. The standard InChI is InChI=1S/C29H38O3S/c1-7-21-17-20(16-19(4)22(21)11-13-27(31)32-9-3)10-12-25(30)28-23-14-15-29(5,6)18-24(23)26(8-2)33-28/h10,12,16-17H,7-9,11,13-15,18H2,1-6H3/b12-10+. The van der Waals surface area contributed by atoms with Crippen LogP contribution in [0.2, 0.25) is 0 Å². The summed E-state index contributed by atoms with van der Waals surface area (Å²) in [7, 11) is 0. The molecule has 3 nitrogen and oxygen atoms in total. The minimum absolute atomic E-state index is 0.123. The monoisotopic (exact) mass is 466 g/mol. The van der Waals surface area contributed by atoms with Gasteiger partial charge in [0.1, 0.15) is 0 Å². The van der Waals surface area contributed by atoms with Gasteiger partial charge >= 0.3 is 5.97 Å². The van der Waals surface area contributed by atoms with Gasteiger partial charge in [0.25, 0.3) is 0 Å². The van der Waals surface area contributed by atoms with Crippen molar-refractivity contribution in [3.05, 3.63) is 61.3 Å². The Morgan fingerprint density at radius 3 is 2.55 bits per heavy atom. The predicted molar refractivity (Wildman–Crippen MR) is 138 cm³/mol. The van der Waals surface area contributed by atoms with Gasteiger partial charge < -0.3 is 4.74 Å². The summed E-state index contributed by atoms with van der Waals surface area (Å²) in [6, 6.07) is 4.27. The summed E-state index contributed by atoms with van der Waals surface area (Å²) in [6.45, 7) is 13.3. The van der Waals surface area contributed by atoms with Gasteiger partial charge in [-0.2, -0.15) is 0 Å². The van der Waals surface area contributed by atoms with Crippen LogP contribution in [0.4, 0.5) is 0 Å². The number of rotatable bonds is 9. The summed E-state index contributed by atoms with van der Waals surface area (Å²) in [4.78, 5) is 27.3. The van der Waals surface area contributed by atoms with E-state index in [2.05, 4.69) is 46.8 Å². The van der Waals surface area contributed by atoms with E-state index in [-0.39, 0.29) is 11.8 Å². The zero-order valence-electron chi connectivity index (χ0n) is 21.1. The van der Waals surface area contributed by atoms with Crippen LogP contribution in [0.3, 0.4) is 0 Å². The molecule has 1 aliphatic rings. The van der Waals surface area contributed by atoms with Crippen LogP contribution in [0, 0.1) is 12.3 Å². The maximum absolute atomic E-state index is 13.2. The van der Waals surface area contributed by atoms with Crippen LogP contribution >= 0.6 is 11.3 Å². The second kappa shape index (κ2) is 10.8. The Labute approximate surface area is 203 Å². The molecule has 0 aliphatic heterocycles. The number of hydrogen-bond donors (Lipinski definition) is 0. The smallest absolute Gasteiger partial charge is 0.306 e. The van der Waals surface area contributed by atoms with Crippen LogP contribution in [0.5, 0.6) is 0 Å². The first kappa shape index (κ1) is 25.4. The first-order chi connectivity index (χ1) is 15.7. The number of thiophene rings is 1. The number of ketones is 1. The maximum atomic E-state index is 13.2. The molecule has 1 aliphatic carbocycles. The molecular formula is C29H38O3S. The minimum atomic E-state index is -0.150. The SMILES string of the molecule is CCOC(=O)CCc1c(C)cc(/C=C/C(=O)c2sc(CC)c3c2CCC(C)(C)C3)cc1CC. The fourth-order valence-corrected chi connectivity index (χ4v) is 6.16. The van der Waals surface area contributed by atoms with Crippen molar-refractivity contribution in [3.8, 4) is 0 Å². The molecule has 33 heavy (non-hydrogen) atoms. The highest BCUT2D eigenvalue weighted by molar-refractivity contribution is 7.14. The lowest BCUT2D eigenvalue weighted by Crippen LogP contribution is -2.22. The Hall–Kier alpha value is -2.20. The Bertz CT molecular complexity index is 1060.